The Morgan fingerprint density at radius 2 is 1.35 bits per heavy atom. The molecule has 0 aromatic heterocycles. The molecule has 5 heteroatoms. The lowest BCUT2D eigenvalue weighted by Gasteiger charge is -2.13. The summed E-state index contributed by atoms with van der Waals surface area (Å²) in [5.41, 5.74) is 6.25. The smallest absolute Gasteiger partial charge is 0.122 e. The first kappa shape index (κ1) is 14.7. The average Bonchev–Trinajstić information content (AvgIpc) is 2.46. The molecule has 0 radical (unpaired) electrons. The maximum Gasteiger partial charge on any atom is 0.122 e. The quantitative estimate of drug-likeness (QED) is 0.795. The molecule has 106 valence electrons. The van der Waals surface area contributed by atoms with Crippen LogP contribution >= 0.6 is 15.9 Å². The van der Waals surface area contributed by atoms with Crippen LogP contribution in [-0.2, 0) is 0 Å². The Morgan fingerprint density at radius 3 is 1.85 bits per heavy atom. The average molecular weight is 338 g/mol. The number of aliphatic hydroxyl groups excluding tert-OH is 1. The van der Waals surface area contributed by atoms with E-state index in [1.54, 1.807) is 24.3 Å². The second-order valence-electron chi connectivity index (χ2n) is 4.30. The molecule has 0 saturated carbocycles. The lowest BCUT2D eigenvalue weighted by molar-refractivity contribution is 0.0626. The van der Waals surface area contributed by atoms with Crippen LogP contribution in [0.1, 0.15) is 0 Å². The van der Waals surface area contributed by atoms with Gasteiger partial charge in [-0.3, -0.25) is 0 Å². The molecule has 0 heterocycles. The molecule has 0 amide bonds. The van der Waals surface area contributed by atoms with Gasteiger partial charge in [-0.1, -0.05) is 15.9 Å². The third kappa shape index (κ3) is 4.75. The van der Waals surface area contributed by atoms with E-state index in [9.17, 15) is 5.11 Å². The Morgan fingerprint density at radius 1 is 0.900 bits per heavy atom. The fourth-order valence-corrected chi connectivity index (χ4v) is 1.79. The Kier molecular flexibility index (Phi) is 5.26. The number of ether oxygens (including phenoxy) is 2. The van der Waals surface area contributed by atoms with E-state index in [1.165, 1.54) is 0 Å². The number of aliphatic hydroxyl groups is 1. The minimum atomic E-state index is -0.698. The monoisotopic (exact) mass is 337 g/mol. The van der Waals surface area contributed by atoms with Crippen LogP contribution < -0.4 is 15.2 Å². The van der Waals surface area contributed by atoms with Gasteiger partial charge in [-0.15, -0.1) is 0 Å². The molecule has 2 aromatic rings. The van der Waals surface area contributed by atoms with E-state index in [0.717, 1.165) is 4.47 Å². The summed E-state index contributed by atoms with van der Waals surface area (Å²) in [4.78, 5) is 0. The first-order chi connectivity index (χ1) is 9.63. The van der Waals surface area contributed by atoms with Gasteiger partial charge < -0.3 is 20.3 Å². The van der Waals surface area contributed by atoms with E-state index in [0.29, 0.717) is 17.2 Å². The van der Waals surface area contributed by atoms with Crippen molar-refractivity contribution in [1.82, 2.24) is 0 Å². The number of halogens is 1. The molecule has 0 aliphatic heterocycles. The van der Waals surface area contributed by atoms with E-state index < -0.39 is 6.10 Å². The number of rotatable bonds is 6. The lowest BCUT2D eigenvalue weighted by Crippen LogP contribution is -2.25. The summed E-state index contributed by atoms with van der Waals surface area (Å²) in [7, 11) is 0. The third-order valence-corrected chi connectivity index (χ3v) is 3.11. The van der Waals surface area contributed by atoms with Crippen molar-refractivity contribution in [2.24, 2.45) is 0 Å². The highest BCUT2D eigenvalue weighted by Gasteiger charge is 2.06. The summed E-state index contributed by atoms with van der Waals surface area (Å²) in [5.74, 6) is 1.38. The van der Waals surface area contributed by atoms with Gasteiger partial charge in [0.1, 0.15) is 30.8 Å². The minimum absolute atomic E-state index is 0.167. The van der Waals surface area contributed by atoms with Gasteiger partial charge in [0, 0.05) is 10.2 Å². The summed E-state index contributed by atoms with van der Waals surface area (Å²) in [6, 6.07) is 14.4. The summed E-state index contributed by atoms with van der Waals surface area (Å²) < 4.78 is 11.9. The number of hydrogen-bond donors (Lipinski definition) is 2. The normalized spacial score (nSPS) is 11.9. The fraction of sp³-hybridized carbons (Fsp3) is 0.200. The molecule has 1 atom stereocenters. The Labute approximate surface area is 126 Å². The van der Waals surface area contributed by atoms with Crippen LogP contribution in [0.3, 0.4) is 0 Å². The van der Waals surface area contributed by atoms with E-state index in [-0.39, 0.29) is 13.2 Å². The third-order valence-electron chi connectivity index (χ3n) is 2.58. The standard InChI is InChI=1S/C15H16BrNO3/c16-11-1-5-14(6-2-11)19-9-13(18)10-20-15-7-3-12(17)4-8-15/h1-8,13,18H,9-10,17H2. The minimum Gasteiger partial charge on any atom is -0.491 e. The van der Waals surface area contributed by atoms with E-state index in [1.807, 2.05) is 24.3 Å². The van der Waals surface area contributed by atoms with Crippen LogP contribution in [0.5, 0.6) is 11.5 Å². The predicted octanol–water partition coefficient (Wildman–Crippen LogP) is 2.85. The van der Waals surface area contributed by atoms with Gasteiger partial charge >= 0.3 is 0 Å². The van der Waals surface area contributed by atoms with Crippen LogP contribution in [0.4, 0.5) is 5.69 Å². The van der Waals surface area contributed by atoms with E-state index in [2.05, 4.69) is 15.9 Å². The second-order valence-corrected chi connectivity index (χ2v) is 5.21. The topological polar surface area (TPSA) is 64.7 Å². The maximum absolute atomic E-state index is 9.80. The molecule has 2 rings (SSSR count). The highest BCUT2D eigenvalue weighted by atomic mass is 79.9. The molecule has 4 nitrogen and oxygen atoms in total. The highest BCUT2D eigenvalue weighted by Crippen LogP contribution is 2.16. The molecular formula is C15H16BrNO3. The molecule has 3 N–H and O–H groups in total. The van der Waals surface area contributed by atoms with E-state index >= 15 is 0 Å². The Bertz CT molecular complexity index is 478. The van der Waals surface area contributed by atoms with Crippen molar-refractivity contribution >= 4 is 21.6 Å². The highest BCUT2D eigenvalue weighted by molar-refractivity contribution is 9.10. The maximum atomic E-state index is 9.80. The number of hydrogen-bond acceptors (Lipinski definition) is 4. The zero-order valence-corrected chi connectivity index (χ0v) is 12.4. The molecule has 0 bridgehead atoms. The van der Waals surface area contributed by atoms with Crippen LogP contribution in [0, 0.1) is 0 Å². The van der Waals surface area contributed by atoms with Gasteiger partial charge in [-0.05, 0) is 48.5 Å². The van der Waals surface area contributed by atoms with Crippen LogP contribution in [0.15, 0.2) is 53.0 Å². The van der Waals surface area contributed by atoms with Gasteiger partial charge in [-0.25, -0.2) is 0 Å². The number of benzene rings is 2. The number of nitrogens with two attached hydrogens (primary N) is 1. The largest absolute Gasteiger partial charge is 0.491 e. The molecule has 0 fully saturated rings. The lowest BCUT2D eigenvalue weighted by atomic mass is 10.3. The van der Waals surface area contributed by atoms with Gasteiger partial charge in [-0.2, -0.15) is 0 Å². The molecule has 0 saturated heterocycles. The first-order valence-corrected chi connectivity index (χ1v) is 6.97. The van der Waals surface area contributed by atoms with Gasteiger partial charge in [0.05, 0.1) is 0 Å². The molecule has 0 aliphatic rings. The summed E-state index contributed by atoms with van der Waals surface area (Å²) in [5, 5.41) is 9.80. The SMILES string of the molecule is Nc1ccc(OCC(O)COc2ccc(Br)cc2)cc1. The number of anilines is 1. The van der Waals surface area contributed by atoms with Gasteiger partial charge in [0.2, 0.25) is 0 Å². The molecule has 0 aliphatic carbocycles. The van der Waals surface area contributed by atoms with Crippen molar-refractivity contribution in [2.45, 2.75) is 6.10 Å². The fourth-order valence-electron chi connectivity index (χ4n) is 1.53. The summed E-state index contributed by atoms with van der Waals surface area (Å²) >= 11 is 3.35. The second kappa shape index (κ2) is 7.17. The molecule has 0 spiro atoms. The van der Waals surface area contributed by atoms with Crippen molar-refractivity contribution in [2.75, 3.05) is 18.9 Å². The van der Waals surface area contributed by atoms with E-state index in [4.69, 9.17) is 15.2 Å². The zero-order chi connectivity index (χ0) is 14.4. The first-order valence-electron chi connectivity index (χ1n) is 6.18. The van der Waals surface area contributed by atoms with Gasteiger partial charge in [0.15, 0.2) is 0 Å². The van der Waals surface area contributed by atoms with Crippen molar-refractivity contribution in [3.63, 3.8) is 0 Å². The summed E-state index contributed by atoms with van der Waals surface area (Å²) in [6.07, 6.45) is -0.698. The zero-order valence-electron chi connectivity index (χ0n) is 10.8. The van der Waals surface area contributed by atoms with Crippen molar-refractivity contribution in [1.29, 1.82) is 0 Å². The van der Waals surface area contributed by atoms with Gasteiger partial charge in [0.25, 0.3) is 0 Å². The van der Waals surface area contributed by atoms with Crippen LogP contribution in [0.25, 0.3) is 0 Å². The van der Waals surface area contributed by atoms with Crippen molar-refractivity contribution < 1.29 is 14.6 Å². The van der Waals surface area contributed by atoms with Crippen LogP contribution in [-0.4, -0.2) is 24.4 Å². The van der Waals surface area contributed by atoms with Crippen LogP contribution in [0.2, 0.25) is 0 Å². The van der Waals surface area contributed by atoms with Crippen molar-refractivity contribution in [3.8, 4) is 11.5 Å². The number of nitrogen functional groups attached to an aromatic ring is 1. The molecule has 20 heavy (non-hydrogen) atoms. The Balaban J connectivity index is 1.73. The summed E-state index contributed by atoms with van der Waals surface area (Å²) in [6.45, 7) is 0.344. The molecule has 2 aromatic carbocycles. The van der Waals surface area contributed by atoms with Crippen molar-refractivity contribution in [3.05, 3.63) is 53.0 Å². The molecule has 1 unspecified atom stereocenters. The molecular weight excluding hydrogens is 322 g/mol. The predicted molar refractivity (Wildman–Crippen MR) is 82.0 cm³/mol. The Hall–Kier alpha value is -1.72.